The molecule has 5 nitrogen and oxygen atoms in total. The lowest BCUT2D eigenvalue weighted by Gasteiger charge is -2.29. The summed E-state index contributed by atoms with van der Waals surface area (Å²) in [6, 6.07) is 11.0. The number of hydrogen-bond donors (Lipinski definition) is 2. The molecule has 1 saturated carbocycles. The first kappa shape index (κ1) is 17.7. The first-order valence-corrected chi connectivity index (χ1v) is 9.07. The van der Waals surface area contributed by atoms with E-state index in [0.717, 1.165) is 23.0 Å². The first-order chi connectivity index (χ1) is 13.0. The molecule has 140 valence electrons. The number of hydroxylamine groups is 1. The van der Waals surface area contributed by atoms with Crippen LogP contribution in [0.5, 0.6) is 0 Å². The van der Waals surface area contributed by atoms with E-state index in [-0.39, 0.29) is 11.7 Å². The molecule has 0 spiro atoms. The summed E-state index contributed by atoms with van der Waals surface area (Å²) in [5.74, 6) is -0.665. The largest absolute Gasteiger partial charge is 0.334 e. The molecule has 6 heteroatoms. The molecule has 4 rings (SSSR count). The molecule has 27 heavy (non-hydrogen) atoms. The molecule has 1 aliphatic rings. The molecule has 2 atom stereocenters. The number of aromatic nitrogens is 2. The van der Waals surface area contributed by atoms with Crippen LogP contribution >= 0.6 is 0 Å². The summed E-state index contributed by atoms with van der Waals surface area (Å²) >= 11 is 0. The topological polar surface area (TPSA) is 67.2 Å². The van der Waals surface area contributed by atoms with Gasteiger partial charge in [0.15, 0.2) is 0 Å². The van der Waals surface area contributed by atoms with Gasteiger partial charge in [0.2, 0.25) is 0 Å². The van der Waals surface area contributed by atoms with Crippen molar-refractivity contribution >= 4 is 16.9 Å². The van der Waals surface area contributed by atoms with Gasteiger partial charge in [-0.2, -0.15) is 0 Å². The predicted molar refractivity (Wildman–Crippen MR) is 100 cm³/mol. The number of aryl methyl sites for hydroxylation is 1. The van der Waals surface area contributed by atoms with Crippen LogP contribution in [0.2, 0.25) is 0 Å². The second-order valence-corrected chi connectivity index (χ2v) is 7.48. The summed E-state index contributed by atoms with van der Waals surface area (Å²) in [7, 11) is 1.95. The van der Waals surface area contributed by atoms with E-state index in [1.54, 1.807) is 25.4 Å². The van der Waals surface area contributed by atoms with Crippen LogP contribution in [0.15, 0.2) is 42.7 Å². The number of nitrogens with zero attached hydrogens (tertiary/aromatic N) is 2. The normalized spacial score (nSPS) is 22.3. The fourth-order valence-corrected chi connectivity index (χ4v) is 4.53. The van der Waals surface area contributed by atoms with Gasteiger partial charge in [0.25, 0.3) is 5.91 Å². The van der Waals surface area contributed by atoms with E-state index in [4.69, 9.17) is 0 Å². The molecular formula is C21H22FN3O2. The molecule has 1 aromatic heterocycles. The standard InChI is InChI=1S/C21H22FN3O2/c1-13-16(4-3-5-17(13)22)21(20(26)24-27)9-8-15(11-21)14-6-7-18-19(10-14)25(2)12-23-18/h3-7,10,12,15,27H,8-9,11H2,1-2H3,(H,24,26)/t15?,21-/m0/s1. The fraction of sp³-hybridized carbons (Fsp3) is 0.333. The summed E-state index contributed by atoms with van der Waals surface area (Å²) in [6.07, 6.45) is 3.64. The molecule has 1 amide bonds. The third-order valence-corrected chi connectivity index (χ3v) is 6.05. The number of carbonyl (C=O) groups excluding carboxylic acids is 1. The molecule has 3 aromatic rings. The number of halogens is 1. The summed E-state index contributed by atoms with van der Waals surface area (Å²) in [5, 5.41) is 9.38. The SMILES string of the molecule is Cc1c(F)cccc1[C@]1(C(=O)NO)CCC(c2ccc3ncn(C)c3c2)C1. The van der Waals surface area contributed by atoms with Crippen LogP contribution in [0, 0.1) is 12.7 Å². The van der Waals surface area contributed by atoms with E-state index in [1.165, 1.54) is 6.07 Å². The van der Waals surface area contributed by atoms with E-state index in [9.17, 15) is 14.4 Å². The maximum atomic E-state index is 14.2. The van der Waals surface area contributed by atoms with Crippen LogP contribution in [0.25, 0.3) is 11.0 Å². The lowest BCUT2D eigenvalue weighted by atomic mass is 9.75. The Morgan fingerprint density at radius 1 is 1.37 bits per heavy atom. The van der Waals surface area contributed by atoms with E-state index < -0.39 is 11.3 Å². The predicted octanol–water partition coefficient (Wildman–Crippen LogP) is 3.73. The highest BCUT2D eigenvalue weighted by atomic mass is 19.1. The third-order valence-electron chi connectivity index (χ3n) is 6.05. The van der Waals surface area contributed by atoms with Crippen molar-refractivity contribution in [1.29, 1.82) is 0 Å². The van der Waals surface area contributed by atoms with Gasteiger partial charge in [0.1, 0.15) is 5.82 Å². The van der Waals surface area contributed by atoms with Gasteiger partial charge in [-0.15, -0.1) is 0 Å². The Morgan fingerprint density at radius 2 is 2.19 bits per heavy atom. The number of amides is 1. The van der Waals surface area contributed by atoms with Crippen LogP contribution < -0.4 is 5.48 Å². The van der Waals surface area contributed by atoms with Crippen molar-refractivity contribution in [1.82, 2.24) is 15.0 Å². The molecule has 1 unspecified atom stereocenters. The number of rotatable bonds is 3. The molecule has 0 bridgehead atoms. The van der Waals surface area contributed by atoms with Crippen molar-refractivity contribution in [3.8, 4) is 0 Å². The molecule has 1 fully saturated rings. The van der Waals surface area contributed by atoms with Gasteiger partial charge in [-0.05, 0) is 67.0 Å². The van der Waals surface area contributed by atoms with Crippen LogP contribution in [-0.2, 0) is 17.3 Å². The Bertz CT molecular complexity index is 1030. The maximum Gasteiger partial charge on any atom is 0.254 e. The highest BCUT2D eigenvalue weighted by Gasteiger charge is 2.48. The number of imidazole rings is 1. The molecule has 1 heterocycles. The van der Waals surface area contributed by atoms with Crippen LogP contribution in [0.1, 0.15) is 41.9 Å². The molecule has 1 aliphatic carbocycles. The van der Waals surface area contributed by atoms with Gasteiger partial charge in [0, 0.05) is 7.05 Å². The zero-order chi connectivity index (χ0) is 19.2. The lowest BCUT2D eigenvalue weighted by molar-refractivity contribution is -0.135. The Hall–Kier alpha value is -2.73. The first-order valence-electron chi connectivity index (χ1n) is 9.07. The summed E-state index contributed by atoms with van der Waals surface area (Å²) in [6.45, 7) is 1.69. The molecular weight excluding hydrogens is 345 g/mol. The van der Waals surface area contributed by atoms with Gasteiger partial charge in [-0.1, -0.05) is 18.2 Å². The van der Waals surface area contributed by atoms with Crippen LogP contribution in [-0.4, -0.2) is 20.7 Å². The maximum absolute atomic E-state index is 14.2. The monoisotopic (exact) mass is 367 g/mol. The van der Waals surface area contributed by atoms with E-state index in [0.29, 0.717) is 24.0 Å². The zero-order valence-corrected chi connectivity index (χ0v) is 15.4. The molecule has 0 radical (unpaired) electrons. The Morgan fingerprint density at radius 3 is 2.96 bits per heavy atom. The fourth-order valence-electron chi connectivity index (χ4n) is 4.53. The number of hydrogen-bond acceptors (Lipinski definition) is 3. The molecule has 2 N–H and O–H groups in total. The highest BCUT2D eigenvalue weighted by Crippen LogP contribution is 2.49. The molecule has 2 aromatic carbocycles. The Balaban J connectivity index is 1.76. The van der Waals surface area contributed by atoms with E-state index in [1.807, 2.05) is 29.2 Å². The Kier molecular flexibility index (Phi) is 4.23. The minimum atomic E-state index is -0.937. The number of fused-ring (bicyclic) bond motifs is 1. The minimum absolute atomic E-state index is 0.143. The van der Waals surface area contributed by atoms with E-state index in [2.05, 4.69) is 11.1 Å². The van der Waals surface area contributed by atoms with Crippen molar-refractivity contribution in [3.63, 3.8) is 0 Å². The average Bonchev–Trinajstić information content (AvgIpc) is 3.28. The van der Waals surface area contributed by atoms with Crippen molar-refractivity contribution in [2.45, 2.75) is 37.5 Å². The zero-order valence-electron chi connectivity index (χ0n) is 15.4. The van der Waals surface area contributed by atoms with Crippen LogP contribution in [0.4, 0.5) is 4.39 Å². The number of carbonyl (C=O) groups is 1. The summed E-state index contributed by atoms with van der Waals surface area (Å²) in [4.78, 5) is 17.1. The smallest absolute Gasteiger partial charge is 0.254 e. The summed E-state index contributed by atoms with van der Waals surface area (Å²) < 4.78 is 16.1. The van der Waals surface area contributed by atoms with Crippen molar-refractivity contribution in [2.75, 3.05) is 0 Å². The average molecular weight is 367 g/mol. The third kappa shape index (κ3) is 2.72. The van der Waals surface area contributed by atoms with Gasteiger partial charge in [-0.3, -0.25) is 10.0 Å². The van der Waals surface area contributed by atoms with Gasteiger partial charge in [-0.25, -0.2) is 14.9 Å². The number of benzene rings is 2. The Labute approximate surface area is 156 Å². The van der Waals surface area contributed by atoms with Crippen molar-refractivity contribution in [2.24, 2.45) is 7.05 Å². The molecule has 0 aliphatic heterocycles. The summed E-state index contributed by atoms with van der Waals surface area (Å²) in [5.41, 5.74) is 5.10. The highest BCUT2D eigenvalue weighted by molar-refractivity contribution is 5.88. The molecule has 0 saturated heterocycles. The minimum Gasteiger partial charge on any atom is -0.334 e. The van der Waals surface area contributed by atoms with Crippen molar-refractivity contribution < 1.29 is 14.4 Å². The number of nitrogens with one attached hydrogen (secondary N) is 1. The second kappa shape index (κ2) is 6.46. The van der Waals surface area contributed by atoms with Crippen molar-refractivity contribution in [3.05, 3.63) is 65.2 Å². The quantitative estimate of drug-likeness (QED) is 0.547. The lowest BCUT2D eigenvalue weighted by Crippen LogP contribution is -2.42. The van der Waals surface area contributed by atoms with Gasteiger partial charge in [0.05, 0.1) is 22.8 Å². The van der Waals surface area contributed by atoms with Gasteiger partial charge >= 0.3 is 0 Å². The second-order valence-electron chi connectivity index (χ2n) is 7.48. The van der Waals surface area contributed by atoms with Gasteiger partial charge < -0.3 is 4.57 Å². The van der Waals surface area contributed by atoms with Crippen LogP contribution in [0.3, 0.4) is 0 Å². The van der Waals surface area contributed by atoms with E-state index >= 15 is 0 Å².